The lowest BCUT2D eigenvalue weighted by molar-refractivity contribution is 0.0879. The smallest absolute Gasteiger partial charge is 0.240 e. The summed E-state index contributed by atoms with van der Waals surface area (Å²) >= 11 is -1.66. The van der Waals surface area contributed by atoms with Crippen molar-refractivity contribution in [1.29, 1.82) is 0 Å². The zero-order valence-corrected chi connectivity index (χ0v) is 27.3. The number of hydrogen-bond acceptors (Lipinski definition) is 6. The van der Waals surface area contributed by atoms with Crippen LogP contribution >= 0.6 is 0 Å². The van der Waals surface area contributed by atoms with Gasteiger partial charge in [-0.15, -0.1) is 0 Å². The lowest BCUT2D eigenvalue weighted by Gasteiger charge is -2.22. The van der Waals surface area contributed by atoms with Crippen LogP contribution in [0.15, 0.2) is 89.8 Å². The second-order valence-electron chi connectivity index (χ2n) is 10.7. The molecule has 4 aromatic carbocycles. The van der Waals surface area contributed by atoms with Gasteiger partial charge in [-0.2, -0.15) is 0 Å². The first kappa shape index (κ1) is 33.1. The van der Waals surface area contributed by atoms with E-state index in [1.807, 2.05) is 42.5 Å². The van der Waals surface area contributed by atoms with E-state index in [4.69, 9.17) is 23.1 Å². The van der Waals surface area contributed by atoms with Gasteiger partial charge in [0.15, 0.2) is 23.0 Å². The Labute approximate surface area is 264 Å². The Morgan fingerprint density at radius 3 is 2.14 bits per heavy atom. The maximum Gasteiger partial charge on any atom is 0.240 e. The minimum absolute atomic E-state index is 0.180. The van der Waals surface area contributed by atoms with E-state index < -0.39 is 11.1 Å². The van der Waals surface area contributed by atoms with Gasteiger partial charge >= 0.3 is 0 Å². The molecule has 7 heteroatoms. The molecule has 4 aromatic rings. The average Bonchev–Trinajstić information content (AvgIpc) is 3.05. The number of ether oxygens (including phenoxy) is 4. The van der Waals surface area contributed by atoms with E-state index in [1.165, 1.54) is 11.1 Å². The molecule has 0 N–H and O–H groups in total. The first-order chi connectivity index (χ1) is 21.5. The van der Waals surface area contributed by atoms with Gasteiger partial charge in [0.1, 0.15) is 6.61 Å². The highest BCUT2D eigenvalue weighted by Crippen LogP contribution is 2.40. The lowest BCUT2D eigenvalue weighted by atomic mass is 9.86. The van der Waals surface area contributed by atoms with E-state index in [1.54, 1.807) is 26.4 Å². The molecule has 0 aliphatic carbocycles. The Morgan fingerprint density at radius 2 is 1.48 bits per heavy atom. The minimum atomic E-state index is -1.66. The molecule has 0 fully saturated rings. The summed E-state index contributed by atoms with van der Waals surface area (Å²) in [4.78, 5) is 0.608. The molecule has 0 aliphatic heterocycles. The van der Waals surface area contributed by atoms with Crippen molar-refractivity contribution < 1.29 is 27.3 Å². The molecule has 2 unspecified atom stereocenters. The van der Waals surface area contributed by atoms with Crippen LogP contribution in [0.3, 0.4) is 0 Å². The van der Waals surface area contributed by atoms with E-state index in [2.05, 4.69) is 51.1 Å². The second kappa shape index (κ2) is 16.9. The van der Waals surface area contributed by atoms with Crippen LogP contribution in [-0.4, -0.2) is 31.6 Å². The Kier molecular flexibility index (Phi) is 12.7. The third-order valence-corrected chi connectivity index (χ3v) is 8.56. The number of benzene rings is 4. The van der Waals surface area contributed by atoms with Crippen LogP contribution in [-0.2, 0) is 41.7 Å². The molecular formula is C37H44O6S. The molecule has 44 heavy (non-hydrogen) atoms. The van der Waals surface area contributed by atoms with Gasteiger partial charge in [-0.3, -0.25) is 0 Å². The molecule has 0 amide bonds. The van der Waals surface area contributed by atoms with Gasteiger partial charge in [0, 0.05) is 5.56 Å². The van der Waals surface area contributed by atoms with E-state index in [0.29, 0.717) is 48.4 Å². The van der Waals surface area contributed by atoms with Crippen molar-refractivity contribution in [2.24, 2.45) is 0 Å². The third-order valence-electron chi connectivity index (χ3n) is 7.59. The van der Waals surface area contributed by atoms with Crippen LogP contribution in [0.4, 0.5) is 0 Å². The van der Waals surface area contributed by atoms with Crippen LogP contribution < -0.4 is 18.4 Å². The quantitative estimate of drug-likeness (QED) is 0.111. The average molecular weight is 617 g/mol. The van der Waals surface area contributed by atoms with Crippen molar-refractivity contribution in [3.8, 4) is 23.0 Å². The molecule has 0 saturated heterocycles. The van der Waals surface area contributed by atoms with E-state index >= 15 is 0 Å². The van der Waals surface area contributed by atoms with E-state index in [9.17, 15) is 4.21 Å². The Morgan fingerprint density at radius 1 is 0.773 bits per heavy atom. The summed E-state index contributed by atoms with van der Waals surface area (Å²) in [5.74, 6) is 2.73. The predicted octanol–water partition coefficient (Wildman–Crippen LogP) is 8.26. The highest BCUT2D eigenvalue weighted by molar-refractivity contribution is 7.80. The van der Waals surface area contributed by atoms with Gasteiger partial charge in [0.2, 0.25) is 11.1 Å². The van der Waals surface area contributed by atoms with Crippen molar-refractivity contribution in [3.63, 3.8) is 0 Å². The molecule has 0 aromatic heterocycles. The molecule has 0 bridgehead atoms. The van der Waals surface area contributed by atoms with E-state index in [-0.39, 0.29) is 5.92 Å². The van der Waals surface area contributed by atoms with Gasteiger partial charge < -0.3 is 23.1 Å². The first-order valence-electron chi connectivity index (χ1n) is 15.3. The molecule has 234 valence electrons. The lowest BCUT2D eigenvalue weighted by Crippen LogP contribution is -2.11. The van der Waals surface area contributed by atoms with Gasteiger partial charge in [-0.05, 0) is 77.8 Å². The first-order valence-corrected chi connectivity index (χ1v) is 16.4. The Balaban J connectivity index is 1.52. The second-order valence-corrected chi connectivity index (χ2v) is 11.8. The van der Waals surface area contributed by atoms with Crippen molar-refractivity contribution in [2.75, 3.05) is 27.4 Å². The molecule has 0 radical (unpaired) electrons. The van der Waals surface area contributed by atoms with Crippen molar-refractivity contribution in [1.82, 2.24) is 0 Å². The van der Waals surface area contributed by atoms with Crippen LogP contribution in [0, 0.1) is 0 Å². The number of hydrogen-bond donors (Lipinski definition) is 0. The summed E-state index contributed by atoms with van der Waals surface area (Å²) in [6.45, 7) is 7.98. The van der Waals surface area contributed by atoms with Crippen LogP contribution in [0.1, 0.15) is 60.9 Å². The standard InChI is InChI=1S/C37H44O6S/c1-6-14-29-24-36(42-22-21-41-26-28-15-10-8-11-16-28)35(40-5)25-33(29)27(3)23-30-19-20-34(39-4)37(32(30)7-2)43-44(38)31-17-12-9-13-18-31/h8-13,15-20,24-25,27H,6-7,14,21-23,26H2,1-5H3. The van der Waals surface area contributed by atoms with Gasteiger partial charge in [0.05, 0.1) is 32.3 Å². The molecule has 0 spiro atoms. The molecule has 6 nitrogen and oxygen atoms in total. The molecule has 0 aliphatic rings. The molecular weight excluding hydrogens is 572 g/mol. The maximum absolute atomic E-state index is 13.1. The number of rotatable bonds is 17. The van der Waals surface area contributed by atoms with Gasteiger partial charge in [-0.1, -0.05) is 81.8 Å². The van der Waals surface area contributed by atoms with Crippen molar-refractivity contribution >= 4 is 11.1 Å². The molecule has 0 saturated carbocycles. The summed E-state index contributed by atoms with van der Waals surface area (Å²) in [5.41, 5.74) is 5.75. The fourth-order valence-corrected chi connectivity index (χ4v) is 6.19. The van der Waals surface area contributed by atoms with Crippen LogP contribution in [0.2, 0.25) is 0 Å². The number of aryl methyl sites for hydroxylation is 1. The summed E-state index contributed by atoms with van der Waals surface area (Å²) in [6.07, 6.45) is 3.43. The number of methoxy groups -OCH3 is 2. The van der Waals surface area contributed by atoms with Crippen molar-refractivity contribution in [3.05, 3.63) is 113 Å². The van der Waals surface area contributed by atoms with Crippen LogP contribution in [0.25, 0.3) is 0 Å². The third kappa shape index (κ3) is 8.64. The van der Waals surface area contributed by atoms with Gasteiger partial charge in [0.25, 0.3) is 0 Å². The predicted molar refractivity (Wildman–Crippen MR) is 177 cm³/mol. The van der Waals surface area contributed by atoms with Crippen molar-refractivity contribution in [2.45, 2.75) is 63.9 Å². The van der Waals surface area contributed by atoms with Gasteiger partial charge in [-0.25, -0.2) is 4.21 Å². The largest absolute Gasteiger partial charge is 0.493 e. The molecule has 4 rings (SSSR count). The Hall–Kier alpha value is -3.81. The minimum Gasteiger partial charge on any atom is -0.493 e. The summed E-state index contributed by atoms with van der Waals surface area (Å²) < 4.78 is 42.6. The zero-order chi connectivity index (χ0) is 31.3. The van der Waals surface area contributed by atoms with Crippen LogP contribution in [0.5, 0.6) is 23.0 Å². The zero-order valence-electron chi connectivity index (χ0n) is 26.5. The topological polar surface area (TPSA) is 63.2 Å². The van der Waals surface area contributed by atoms with E-state index in [0.717, 1.165) is 41.7 Å². The normalized spacial score (nSPS) is 12.4. The summed E-state index contributed by atoms with van der Waals surface area (Å²) in [7, 11) is 3.29. The summed E-state index contributed by atoms with van der Waals surface area (Å²) in [5, 5.41) is 0. The highest BCUT2D eigenvalue weighted by Gasteiger charge is 2.22. The fourth-order valence-electron chi connectivity index (χ4n) is 5.38. The molecule has 2 atom stereocenters. The Bertz CT molecular complexity index is 1490. The fraction of sp³-hybridized carbons (Fsp3) is 0.351. The SMILES string of the molecule is CCCc1cc(OCCOCc2ccccc2)c(OC)cc1C(C)Cc1ccc(OC)c(OS(=O)c2ccccc2)c1CC. The summed E-state index contributed by atoms with van der Waals surface area (Å²) in [6, 6.07) is 27.6. The highest BCUT2D eigenvalue weighted by atomic mass is 32.2. The monoisotopic (exact) mass is 616 g/mol. The maximum atomic E-state index is 13.1. The molecule has 0 heterocycles.